The number of nitrogens with zero attached hydrogens (tertiary/aromatic N) is 1. The zero-order valence-corrected chi connectivity index (χ0v) is 9.49. The summed E-state index contributed by atoms with van der Waals surface area (Å²) in [4.78, 5) is 0. The Labute approximate surface area is 101 Å². The molecule has 3 rings (SSSR count). The van der Waals surface area contributed by atoms with E-state index in [4.69, 9.17) is 19.9 Å². The smallest absolute Gasteiger partial charge is 0.231 e. The van der Waals surface area contributed by atoms with Gasteiger partial charge < -0.3 is 19.9 Å². The zero-order chi connectivity index (χ0) is 12.7. The van der Waals surface area contributed by atoms with Crippen LogP contribution in [0.5, 0.6) is 17.2 Å². The molecule has 2 aromatic rings. The SMILES string of the molecule is COc1cc2c(c(-c3cn[nH]c3N)c1F)OCO2. The quantitative estimate of drug-likeness (QED) is 0.845. The number of nitrogens with one attached hydrogen (secondary N) is 1. The Morgan fingerprint density at radius 1 is 1.50 bits per heavy atom. The number of anilines is 1. The lowest BCUT2D eigenvalue weighted by Crippen LogP contribution is -1.96. The second-order valence-electron chi connectivity index (χ2n) is 3.70. The number of ether oxygens (including phenoxy) is 3. The first-order valence-electron chi connectivity index (χ1n) is 5.17. The molecule has 1 aromatic carbocycles. The number of rotatable bonds is 2. The van der Waals surface area contributed by atoms with E-state index in [-0.39, 0.29) is 23.9 Å². The molecule has 1 aliphatic heterocycles. The van der Waals surface area contributed by atoms with Gasteiger partial charge in [-0.1, -0.05) is 0 Å². The maximum atomic E-state index is 14.3. The Kier molecular flexibility index (Phi) is 2.26. The van der Waals surface area contributed by atoms with Gasteiger partial charge in [0.15, 0.2) is 23.1 Å². The van der Waals surface area contributed by atoms with Crippen molar-refractivity contribution in [3.8, 4) is 28.4 Å². The number of nitrogens with two attached hydrogens (primary N) is 1. The molecule has 0 amide bonds. The first-order chi connectivity index (χ1) is 8.72. The summed E-state index contributed by atoms with van der Waals surface area (Å²) in [6.07, 6.45) is 1.43. The minimum absolute atomic E-state index is 0.0344. The van der Waals surface area contributed by atoms with Crippen LogP contribution in [-0.4, -0.2) is 24.1 Å². The number of hydrogen-bond donors (Lipinski definition) is 2. The van der Waals surface area contributed by atoms with Gasteiger partial charge in [0.1, 0.15) is 5.82 Å². The van der Waals surface area contributed by atoms with Crippen molar-refractivity contribution in [2.75, 3.05) is 19.6 Å². The molecular formula is C11H10FN3O3. The van der Waals surface area contributed by atoms with Crippen molar-refractivity contribution in [3.05, 3.63) is 18.1 Å². The minimum Gasteiger partial charge on any atom is -0.494 e. The average molecular weight is 251 g/mol. The number of aromatic nitrogens is 2. The normalized spacial score (nSPS) is 12.8. The Balaban J connectivity index is 2.31. The van der Waals surface area contributed by atoms with Crippen LogP contribution in [0.1, 0.15) is 0 Å². The van der Waals surface area contributed by atoms with Crippen LogP contribution in [0.3, 0.4) is 0 Å². The fraction of sp³-hybridized carbons (Fsp3) is 0.182. The van der Waals surface area contributed by atoms with Gasteiger partial charge in [-0.3, -0.25) is 5.10 Å². The van der Waals surface area contributed by atoms with E-state index in [1.54, 1.807) is 0 Å². The summed E-state index contributed by atoms with van der Waals surface area (Å²) in [5.41, 5.74) is 6.30. The molecule has 0 atom stereocenters. The lowest BCUT2D eigenvalue weighted by atomic mass is 10.1. The number of H-pyrrole nitrogens is 1. The molecule has 0 aliphatic carbocycles. The lowest BCUT2D eigenvalue weighted by molar-refractivity contribution is 0.174. The van der Waals surface area contributed by atoms with Crippen LogP contribution in [0.25, 0.3) is 11.1 Å². The van der Waals surface area contributed by atoms with E-state index in [1.165, 1.54) is 19.4 Å². The molecule has 0 spiro atoms. The van der Waals surface area contributed by atoms with Crippen LogP contribution in [-0.2, 0) is 0 Å². The van der Waals surface area contributed by atoms with Gasteiger partial charge in [0.2, 0.25) is 6.79 Å². The zero-order valence-electron chi connectivity index (χ0n) is 9.49. The van der Waals surface area contributed by atoms with Gasteiger partial charge in [0, 0.05) is 6.07 Å². The van der Waals surface area contributed by atoms with Gasteiger partial charge in [-0.25, -0.2) is 4.39 Å². The second-order valence-corrected chi connectivity index (χ2v) is 3.70. The van der Waals surface area contributed by atoms with E-state index in [9.17, 15) is 4.39 Å². The summed E-state index contributed by atoms with van der Waals surface area (Å²) in [7, 11) is 1.38. The maximum absolute atomic E-state index is 14.3. The number of halogens is 1. The summed E-state index contributed by atoms with van der Waals surface area (Å²) < 4.78 is 29.8. The van der Waals surface area contributed by atoms with Gasteiger partial charge >= 0.3 is 0 Å². The van der Waals surface area contributed by atoms with Crippen LogP contribution < -0.4 is 19.9 Å². The number of hydrogen-bond acceptors (Lipinski definition) is 5. The van der Waals surface area contributed by atoms with E-state index < -0.39 is 5.82 Å². The number of fused-ring (bicyclic) bond motifs is 1. The topological polar surface area (TPSA) is 82.4 Å². The van der Waals surface area contributed by atoms with Gasteiger partial charge in [-0.05, 0) is 0 Å². The van der Waals surface area contributed by atoms with Gasteiger partial charge in [-0.2, -0.15) is 5.10 Å². The van der Waals surface area contributed by atoms with Crippen LogP contribution in [0.4, 0.5) is 10.2 Å². The highest BCUT2D eigenvalue weighted by molar-refractivity contribution is 5.82. The van der Waals surface area contributed by atoms with E-state index in [1.807, 2.05) is 0 Å². The molecule has 18 heavy (non-hydrogen) atoms. The average Bonchev–Trinajstić information content (AvgIpc) is 2.97. The van der Waals surface area contributed by atoms with Crippen molar-refractivity contribution in [1.82, 2.24) is 10.2 Å². The summed E-state index contributed by atoms with van der Waals surface area (Å²) in [6.45, 7) is 0.0344. The van der Waals surface area contributed by atoms with E-state index >= 15 is 0 Å². The van der Waals surface area contributed by atoms with Crippen molar-refractivity contribution in [1.29, 1.82) is 0 Å². The van der Waals surface area contributed by atoms with E-state index in [0.29, 0.717) is 17.1 Å². The maximum Gasteiger partial charge on any atom is 0.231 e. The highest BCUT2D eigenvalue weighted by atomic mass is 19.1. The molecule has 1 aromatic heterocycles. The third kappa shape index (κ3) is 1.37. The number of aromatic amines is 1. The number of benzene rings is 1. The first kappa shape index (κ1) is 10.7. The molecule has 0 saturated heterocycles. The third-order valence-electron chi connectivity index (χ3n) is 2.72. The molecule has 7 heteroatoms. The van der Waals surface area contributed by atoms with Crippen molar-refractivity contribution in [3.63, 3.8) is 0 Å². The van der Waals surface area contributed by atoms with Crippen LogP contribution in [0.2, 0.25) is 0 Å². The molecular weight excluding hydrogens is 241 g/mol. The molecule has 3 N–H and O–H groups in total. The largest absolute Gasteiger partial charge is 0.494 e. The Morgan fingerprint density at radius 3 is 3.00 bits per heavy atom. The number of methoxy groups -OCH3 is 1. The second kappa shape index (κ2) is 3.80. The summed E-state index contributed by atoms with van der Waals surface area (Å²) in [5, 5.41) is 6.31. The minimum atomic E-state index is -0.560. The molecule has 94 valence electrons. The van der Waals surface area contributed by atoms with Crippen LogP contribution >= 0.6 is 0 Å². The molecule has 0 unspecified atom stereocenters. The molecule has 0 saturated carbocycles. The molecule has 0 bridgehead atoms. The summed E-state index contributed by atoms with van der Waals surface area (Å²) in [6, 6.07) is 1.44. The molecule has 0 radical (unpaired) electrons. The Morgan fingerprint density at radius 2 is 2.33 bits per heavy atom. The van der Waals surface area contributed by atoms with Crippen molar-refractivity contribution in [2.24, 2.45) is 0 Å². The fourth-order valence-corrected chi connectivity index (χ4v) is 1.88. The monoisotopic (exact) mass is 251 g/mol. The third-order valence-corrected chi connectivity index (χ3v) is 2.72. The van der Waals surface area contributed by atoms with Crippen molar-refractivity contribution in [2.45, 2.75) is 0 Å². The first-order valence-corrected chi connectivity index (χ1v) is 5.17. The summed E-state index contributed by atoms with van der Waals surface area (Å²) in [5.74, 6) is 0.481. The predicted octanol–water partition coefficient (Wildman–Crippen LogP) is 1.54. The van der Waals surface area contributed by atoms with Crippen molar-refractivity contribution < 1.29 is 18.6 Å². The molecule has 6 nitrogen and oxygen atoms in total. The molecule has 0 fully saturated rings. The van der Waals surface area contributed by atoms with Gasteiger partial charge in [-0.15, -0.1) is 0 Å². The van der Waals surface area contributed by atoms with Gasteiger partial charge in [0.25, 0.3) is 0 Å². The van der Waals surface area contributed by atoms with Crippen LogP contribution in [0.15, 0.2) is 12.3 Å². The Hall–Kier alpha value is -2.44. The van der Waals surface area contributed by atoms with E-state index in [0.717, 1.165) is 0 Å². The van der Waals surface area contributed by atoms with Crippen molar-refractivity contribution >= 4 is 5.82 Å². The predicted molar refractivity (Wildman–Crippen MR) is 61.1 cm³/mol. The lowest BCUT2D eigenvalue weighted by Gasteiger charge is -2.10. The summed E-state index contributed by atoms with van der Waals surface area (Å²) >= 11 is 0. The van der Waals surface area contributed by atoms with Crippen LogP contribution in [0, 0.1) is 5.82 Å². The van der Waals surface area contributed by atoms with E-state index in [2.05, 4.69) is 10.2 Å². The Bertz CT molecular complexity index is 611. The van der Waals surface area contributed by atoms with Gasteiger partial charge in [0.05, 0.1) is 24.4 Å². The number of nitrogen functional groups attached to an aromatic ring is 1. The molecule has 2 heterocycles. The highest BCUT2D eigenvalue weighted by Gasteiger charge is 2.28. The molecule has 1 aliphatic rings. The standard InChI is InChI=1S/C11H10FN3O3/c1-16-6-2-7-10(18-4-17-7)8(9(6)12)5-3-14-15-11(5)13/h2-3H,4H2,1H3,(H3,13,14,15). The fourth-order valence-electron chi connectivity index (χ4n) is 1.88. The highest BCUT2D eigenvalue weighted by Crippen LogP contribution is 2.47.